The van der Waals surface area contributed by atoms with Crippen molar-refractivity contribution in [3.8, 4) is 5.75 Å². The van der Waals surface area contributed by atoms with Crippen LogP contribution in [0.2, 0.25) is 0 Å². The van der Waals surface area contributed by atoms with E-state index in [1.54, 1.807) is 12.1 Å². The minimum absolute atomic E-state index is 0.0639. The number of rotatable bonds is 4. The van der Waals surface area contributed by atoms with Gasteiger partial charge >= 0.3 is 0 Å². The molecule has 0 unspecified atom stereocenters. The Balaban J connectivity index is 1.41. The van der Waals surface area contributed by atoms with E-state index >= 15 is 0 Å². The summed E-state index contributed by atoms with van der Waals surface area (Å²) in [5.74, 6) is 0.668. The van der Waals surface area contributed by atoms with Gasteiger partial charge in [-0.1, -0.05) is 36.4 Å². The van der Waals surface area contributed by atoms with Crippen molar-refractivity contribution in [1.82, 2.24) is 9.80 Å². The Morgan fingerprint density at radius 3 is 2.83 bits per heavy atom. The zero-order valence-electron chi connectivity index (χ0n) is 16.4. The lowest BCUT2D eigenvalue weighted by atomic mass is 10.1. The Kier molecular flexibility index (Phi) is 4.32. The molecule has 3 fully saturated rings. The van der Waals surface area contributed by atoms with Crippen molar-refractivity contribution < 1.29 is 19.1 Å². The third-order valence-corrected chi connectivity index (χ3v) is 6.25. The number of nitrogens with zero attached hydrogens (tertiary/aromatic N) is 2. The Labute approximate surface area is 170 Å². The summed E-state index contributed by atoms with van der Waals surface area (Å²) in [4.78, 5) is 29.7. The molecule has 0 bridgehead atoms. The molecule has 3 aliphatic rings. The number of carbonyl (C=O) groups excluding carboxylic acids is 2. The lowest BCUT2D eigenvalue weighted by molar-refractivity contribution is -0.138. The molecule has 0 N–H and O–H groups in total. The molecule has 0 aromatic heterocycles. The van der Waals surface area contributed by atoms with Crippen molar-refractivity contribution in [2.45, 2.75) is 37.6 Å². The van der Waals surface area contributed by atoms with E-state index in [-0.39, 0.29) is 24.0 Å². The molecule has 2 aromatic rings. The van der Waals surface area contributed by atoms with Gasteiger partial charge in [0.25, 0.3) is 5.91 Å². The molecule has 5 rings (SSSR count). The standard InChI is InChI=1S/C23H24N2O4/c1-2-28-18-10-6-9-17(13-18)22(27)24-12-11-23-20(24)14-21(26)25(23)15-19(29-23)16-7-4-3-5-8-16/h3-10,13,19-20H,2,11-12,14-15H2,1H3/t19-,20-,23+/m1/s1. The van der Waals surface area contributed by atoms with Crippen LogP contribution in [0.1, 0.15) is 41.8 Å². The molecular formula is C23H24N2O4. The topological polar surface area (TPSA) is 59.1 Å². The van der Waals surface area contributed by atoms with Crippen LogP contribution < -0.4 is 4.74 Å². The van der Waals surface area contributed by atoms with Crippen LogP contribution in [0, 0.1) is 0 Å². The van der Waals surface area contributed by atoms with E-state index in [1.807, 2.05) is 59.2 Å². The first-order valence-electron chi connectivity index (χ1n) is 10.2. The zero-order valence-corrected chi connectivity index (χ0v) is 16.4. The minimum Gasteiger partial charge on any atom is -0.494 e. The predicted octanol–water partition coefficient (Wildman–Crippen LogP) is 3.00. The van der Waals surface area contributed by atoms with E-state index in [1.165, 1.54) is 0 Å². The Morgan fingerprint density at radius 2 is 2.03 bits per heavy atom. The molecule has 2 aromatic carbocycles. The Hall–Kier alpha value is -2.86. The van der Waals surface area contributed by atoms with Crippen LogP contribution in [-0.2, 0) is 9.53 Å². The lowest BCUT2D eigenvalue weighted by Crippen LogP contribution is -2.48. The maximum atomic E-state index is 13.3. The van der Waals surface area contributed by atoms with Gasteiger partial charge in [-0.25, -0.2) is 0 Å². The molecule has 0 radical (unpaired) electrons. The van der Waals surface area contributed by atoms with Crippen LogP contribution in [0.4, 0.5) is 0 Å². The van der Waals surface area contributed by atoms with E-state index in [9.17, 15) is 9.59 Å². The highest BCUT2D eigenvalue weighted by atomic mass is 16.5. The summed E-state index contributed by atoms with van der Waals surface area (Å²) in [6.07, 6.45) is 0.807. The quantitative estimate of drug-likeness (QED) is 0.803. The zero-order chi connectivity index (χ0) is 20.0. The summed E-state index contributed by atoms with van der Waals surface area (Å²) >= 11 is 0. The average Bonchev–Trinajstić information content (AvgIpc) is 3.37. The number of benzene rings is 2. The van der Waals surface area contributed by atoms with E-state index < -0.39 is 5.72 Å². The molecule has 3 heterocycles. The summed E-state index contributed by atoms with van der Waals surface area (Å²) in [6.45, 7) is 3.58. The molecule has 1 spiro atoms. The highest BCUT2D eigenvalue weighted by Crippen LogP contribution is 2.50. The predicted molar refractivity (Wildman–Crippen MR) is 106 cm³/mol. The van der Waals surface area contributed by atoms with E-state index in [0.717, 1.165) is 5.56 Å². The third kappa shape index (κ3) is 2.82. The summed E-state index contributed by atoms with van der Waals surface area (Å²) in [5.41, 5.74) is 0.943. The van der Waals surface area contributed by atoms with Gasteiger partial charge in [0.15, 0.2) is 5.72 Å². The summed E-state index contributed by atoms with van der Waals surface area (Å²) in [7, 11) is 0. The molecule has 3 saturated heterocycles. The van der Waals surface area contributed by atoms with Crippen molar-refractivity contribution in [2.24, 2.45) is 0 Å². The first-order valence-corrected chi connectivity index (χ1v) is 10.2. The lowest BCUT2D eigenvalue weighted by Gasteiger charge is -2.32. The maximum Gasteiger partial charge on any atom is 0.254 e. The maximum absolute atomic E-state index is 13.3. The largest absolute Gasteiger partial charge is 0.494 e. The molecule has 6 nitrogen and oxygen atoms in total. The second-order valence-corrected chi connectivity index (χ2v) is 7.80. The number of likely N-dealkylation sites (tertiary alicyclic amines) is 1. The summed E-state index contributed by atoms with van der Waals surface area (Å²) < 4.78 is 12.1. The Morgan fingerprint density at radius 1 is 1.21 bits per heavy atom. The van der Waals surface area contributed by atoms with Crippen molar-refractivity contribution in [1.29, 1.82) is 0 Å². The molecule has 2 amide bonds. The first kappa shape index (κ1) is 18.2. The molecule has 3 aliphatic heterocycles. The van der Waals surface area contributed by atoms with Crippen LogP contribution in [0.25, 0.3) is 0 Å². The van der Waals surface area contributed by atoms with E-state index in [2.05, 4.69) is 0 Å². The van der Waals surface area contributed by atoms with Crippen molar-refractivity contribution in [3.05, 3.63) is 65.7 Å². The van der Waals surface area contributed by atoms with E-state index in [0.29, 0.717) is 43.9 Å². The summed E-state index contributed by atoms with van der Waals surface area (Å²) in [6, 6.07) is 17.0. The fourth-order valence-corrected chi connectivity index (χ4v) is 4.96. The van der Waals surface area contributed by atoms with Crippen LogP contribution in [-0.4, -0.2) is 53.1 Å². The van der Waals surface area contributed by atoms with Gasteiger partial charge in [-0.2, -0.15) is 0 Å². The normalized spacial score (nSPS) is 27.8. The minimum atomic E-state index is -0.704. The second kappa shape index (κ2) is 6.88. The van der Waals surface area contributed by atoms with Crippen molar-refractivity contribution in [2.75, 3.05) is 19.7 Å². The first-order chi connectivity index (χ1) is 14.1. The van der Waals surface area contributed by atoms with Crippen LogP contribution in [0.3, 0.4) is 0 Å². The second-order valence-electron chi connectivity index (χ2n) is 7.80. The molecule has 0 saturated carbocycles. The van der Waals surface area contributed by atoms with Gasteiger partial charge in [0, 0.05) is 18.5 Å². The van der Waals surface area contributed by atoms with Crippen LogP contribution in [0.15, 0.2) is 54.6 Å². The third-order valence-electron chi connectivity index (χ3n) is 6.25. The smallest absolute Gasteiger partial charge is 0.254 e. The molecule has 29 heavy (non-hydrogen) atoms. The fourth-order valence-electron chi connectivity index (χ4n) is 4.96. The Bertz CT molecular complexity index is 947. The molecular weight excluding hydrogens is 368 g/mol. The van der Waals surface area contributed by atoms with Gasteiger partial charge in [-0.15, -0.1) is 0 Å². The van der Waals surface area contributed by atoms with Gasteiger partial charge in [-0.3, -0.25) is 9.59 Å². The van der Waals surface area contributed by atoms with Gasteiger partial charge < -0.3 is 19.3 Å². The molecule has 150 valence electrons. The highest BCUT2D eigenvalue weighted by molar-refractivity contribution is 5.96. The number of carbonyl (C=O) groups is 2. The van der Waals surface area contributed by atoms with Crippen molar-refractivity contribution in [3.63, 3.8) is 0 Å². The monoisotopic (exact) mass is 392 g/mol. The fraction of sp³-hybridized carbons (Fsp3) is 0.391. The van der Waals surface area contributed by atoms with Crippen molar-refractivity contribution >= 4 is 11.8 Å². The summed E-state index contributed by atoms with van der Waals surface area (Å²) in [5, 5.41) is 0. The van der Waals surface area contributed by atoms with Gasteiger partial charge in [-0.05, 0) is 30.7 Å². The average molecular weight is 392 g/mol. The van der Waals surface area contributed by atoms with Crippen LogP contribution in [0.5, 0.6) is 5.75 Å². The SMILES string of the molecule is CCOc1cccc(C(=O)N2CC[C@@]34O[C@@H](c5ccccc5)CN3C(=O)C[C@@H]24)c1. The molecule has 6 heteroatoms. The van der Waals surface area contributed by atoms with Crippen LogP contribution >= 0.6 is 0 Å². The number of hydrogen-bond acceptors (Lipinski definition) is 4. The van der Waals surface area contributed by atoms with E-state index in [4.69, 9.17) is 9.47 Å². The number of ether oxygens (including phenoxy) is 2. The molecule has 0 aliphatic carbocycles. The van der Waals surface area contributed by atoms with Gasteiger partial charge in [0.05, 0.1) is 25.6 Å². The molecule has 3 atom stereocenters. The van der Waals surface area contributed by atoms with Gasteiger partial charge in [0.1, 0.15) is 11.9 Å². The highest BCUT2D eigenvalue weighted by Gasteiger charge is 2.65. The van der Waals surface area contributed by atoms with Gasteiger partial charge in [0.2, 0.25) is 5.91 Å². The number of hydrogen-bond donors (Lipinski definition) is 0. The number of amides is 2.